The molecule has 0 unspecified atom stereocenters. The zero-order chi connectivity index (χ0) is 16.5. The molecule has 3 nitrogen and oxygen atoms in total. The van der Waals surface area contributed by atoms with E-state index in [4.69, 9.17) is 4.74 Å². The highest BCUT2D eigenvalue weighted by molar-refractivity contribution is 5.79. The molecule has 1 fully saturated rings. The Labute approximate surface area is 144 Å². The molecule has 3 heteroatoms. The van der Waals surface area contributed by atoms with Gasteiger partial charge in [-0.15, -0.1) is 0 Å². The molecule has 1 saturated carbocycles. The Balaban J connectivity index is 1.41. The molecule has 0 heterocycles. The van der Waals surface area contributed by atoms with E-state index in [2.05, 4.69) is 22.7 Å². The quantitative estimate of drug-likeness (QED) is 0.588. The van der Waals surface area contributed by atoms with Crippen molar-refractivity contribution < 1.29 is 4.74 Å². The topological polar surface area (TPSA) is 33.6 Å². The van der Waals surface area contributed by atoms with Gasteiger partial charge in [0, 0.05) is 6.54 Å². The van der Waals surface area contributed by atoms with Crippen LogP contribution >= 0.6 is 0 Å². The van der Waals surface area contributed by atoms with E-state index in [0.717, 1.165) is 23.8 Å². The van der Waals surface area contributed by atoms with Crippen LogP contribution in [0.4, 0.5) is 0 Å². The fourth-order valence-electron chi connectivity index (χ4n) is 3.08. The predicted molar refractivity (Wildman–Crippen MR) is 99.4 cm³/mol. The van der Waals surface area contributed by atoms with Crippen LogP contribution in [-0.4, -0.2) is 12.8 Å². The third-order valence-electron chi connectivity index (χ3n) is 4.54. The van der Waals surface area contributed by atoms with Crippen LogP contribution in [0.15, 0.2) is 59.7 Å². The first-order chi connectivity index (χ1) is 11.9. The maximum Gasteiger partial charge on any atom is 0.119 e. The van der Waals surface area contributed by atoms with E-state index in [9.17, 15) is 0 Å². The first-order valence-electron chi connectivity index (χ1n) is 8.93. The molecule has 1 N–H and O–H groups in total. The van der Waals surface area contributed by atoms with Gasteiger partial charge in [0.1, 0.15) is 12.4 Å². The lowest BCUT2D eigenvalue weighted by Crippen LogP contribution is -2.20. The van der Waals surface area contributed by atoms with Gasteiger partial charge in [0.2, 0.25) is 0 Å². The van der Waals surface area contributed by atoms with Gasteiger partial charge in [-0.1, -0.05) is 49.6 Å². The molecule has 24 heavy (non-hydrogen) atoms. The Bertz CT molecular complexity index is 616. The normalized spacial score (nSPS) is 15.5. The highest BCUT2D eigenvalue weighted by Gasteiger charge is 2.12. The van der Waals surface area contributed by atoms with Gasteiger partial charge >= 0.3 is 0 Å². The Morgan fingerprint density at radius 3 is 2.46 bits per heavy atom. The third kappa shape index (κ3) is 5.41. The second-order valence-electron chi connectivity index (χ2n) is 6.47. The molecule has 3 rings (SSSR count). The van der Waals surface area contributed by atoms with Crippen molar-refractivity contribution in [3.8, 4) is 5.75 Å². The van der Waals surface area contributed by atoms with E-state index < -0.39 is 0 Å². The second kappa shape index (κ2) is 9.11. The molecule has 1 aliphatic rings. The fraction of sp³-hybridized carbons (Fsp3) is 0.381. The van der Waals surface area contributed by atoms with Crippen molar-refractivity contribution in [2.24, 2.45) is 11.0 Å². The van der Waals surface area contributed by atoms with Crippen LogP contribution in [0.25, 0.3) is 0 Å². The second-order valence-corrected chi connectivity index (χ2v) is 6.47. The average molecular weight is 322 g/mol. The summed E-state index contributed by atoms with van der Waals surface area (Å²) in [6.07, 6.45) is 8.72. The smallest absolute Gasteiger partial charge is 0.119 e. The van der Waals surface area contributed by atoms with E-state index in [1.54, 1.807) is 0 Å². The summed E-state index contributed by atoms with van der Waals surface area (Å²) in [7, 11) is 0. The summed E-state index contributed by atoms with van der Waals surface area (Å²) < 4.78 is 5.79. The van der Waals surface area contributed by atoms with Crippen LogP contribution in [0.3, 0.4) is 0 Å². The Morgan fingerprint density at radius 2 is 1.71 bits per heavy atom. The number of nitrogens with one attached hydrogen (secondary N) is 1. The number of hydrazone groups is 1. The Kier molecular flexibility index (Phi) is 6.29. The molecule has 0 spiro atoms. The molecular formula is C21H26N2O. The monoisotopic (exact) mass is 322 g/mol. The van der Waals surface area contributed by atoms with Gasteiger partial charge in [0.15, 0.2) is 0 Å². The van der Waals surface area contributed by atoms with Crippen molar-refractivity contribution in [1.82, 2.24) is 5.43 Å². The number of benzene rings is 2. The highest BCUT2D eigenvalue weighted by Crippen LogP contribution is 2.22. The Morgan fingerprint density at radius 1 is 0.958 bits per heavy atom. The molecule has 0 bridgehead atoms. The van der Waals surface area contributed by atoms with Gasteiger partial charge in [-0.05, 0) is 54.2 Å². The van der Waals surface area contributed by atoms with Crippen molar-refractivity contribution in [2.45, 2.75) is 38.7 Å². The summed E-state index contributed by atoms with van der Waals surface area (Å²) in [5, 5.41) is 4.34. The number of rotatable bonds is 7. The van der Waals surface area contributed by atoms with Crippen LogP contribution in [0, 0.1) is 5.92 Å². The van der Waals surface area contributed by atoms with Gasteiger partial charge in [0.05, 0.1) is 6.21 Å². The minimum atomic E-state index is 0.594. The van der Waals surface area contributed by atoms with Gasteiger partial charge in [-0.25, -0.2) is 0 Å². The number of hydrogen-bond donors (Lipinski definition) is 1. The first-order valence-corrected chi connectivity index (χ1v) is 8.93. The zero-order valence-electron chi connectivity index (χ0n) is 14.2. The molecule has 0 aromatic heterocycles. The van der Waals surface area contributed by atoms with Gasteiger partial charge in [-0.3, -0.25) is 0 Å². The molecule has 126 valence electrons. The van der Waals surface area contributed by atoms with Gasteiger partial charge in [0.25, 0.3) is 0 Å². The molecule has 1 aliphatic carbocycles. The zero-order valence-corrected chi connectivity index (χ0v) is 14.2. The maximum absolute atomic E-state index is 5.79. The number of hydrogen-bond acceptors (Lipinski definition) is 3. The summed E-state index contributed by atoms with van der Waals surface area (Å²) in [5.74, 6) is 1.68. The summed E-state index contributed by atoms with van der Waals surface area (Å²) in [5.41, 5.74) is 5.46. The largest absolute Gasteiger partial charge is 0.489 e. The number of nitrogens with zero attached hydrogens (tertiary/aromatic N) is 1. The lowest BCUT2D eigenvalue weighted by Gasteiger charge is -2.20. The minimum Gasteiger partial charge on any atom is -0.489 e. The van der Waals surface area contributed by atoms with E-state index in [0.29, 0.717) is 6.61 Å². The summed E-state index contributed by atoms with van der Waals surface area (Å²) in [6, 6.07) is 18.3. The van der Waals surface area contributed by atoms with Crippen LogP contribution in [0.5, 0.6) is 5.75 Å². The predicted octanol–water partition coefficient (Wildman–Crippen LogP) is 4.77. The van der Waals surface area contributed by atoms with E-state index >= 15 is 0 Å². The van der Waals surface area contributed by atoms with Crippen molar-refractivity contribution in [1.29, 1.82) is 0 Å². The molecule has 2 aromatic rings. The fourth-order valence-corrected chi connectivity index (χ4v) is 3.08. The van der Waals surface area contributed by atoms with Crippen LogP contribution < -0.4 is 10.2 Å². The van der Waals surface area contributed by atoms with Crippen molar-refractivity contribution in [3.63, 3.8) is 0 Å². The summed E-state index contributed by atoms with van der Waals surface area (Å²) >= 11 is 0. The standard InChI is InChI=1S/C21H26N2O/c1-3-7-18(8-4-1)15-22-23-16-19-11-13-21(14-12-19)24-17-20-9-5-2-6-10-20/h2,5-6,9-14,16,18,22H,1,3-4,7-8,15,17H2. The molecule has 2 aromatic carbocycles. The highest BCUT2D eigenvalue weighted by atomic mass is 16.5. The molecule has 0 saturated heterocycles. The first kappa shape index (κ1) is 16.6. The van der Waals surface area contributed by atoms with Crippen LogP contribution in [0.1, 0.15) is 43.2 Å². The lowest BCUT2D eigenvalue weighted by atomic mass is 9.89. The van der Waals surface area contributed by atoms with Crippen molar-refractivity contribution >= 4 is 6.21 Å². The van der Waals surface area contributed by atoms with E-state index in [1.165, 1.54) is 37.7 Å². The molecule has 0 aliphatic heterocycles. The summed E-state index contributed by atoms with van der Waals surface area (Å²) in [4.78, 5) is 0. The molecule has 0 atom stereocenters. The average Bonchev–Trinajstić information content (AvgIpc) is 2.66. The van der Waals surface area contributed by atoms with Gasteiger partial charge < -0.3 is 10.2 Å². The van der Waals surface area contributed by atoms with E-state index in [1.807, 2.05) is 48.7 Å². The third-order valence-corrected chi connectivity index (χ3v) is 4.54. The molecular weight excluding hydrogens is 296 g/mol. The maximum atomic E-state index is 5.79. The lowest BCUT2D eigenvalue weighted by molar-refractivity contribution is 0.306. The van der Waals surface area contributed by atoms with E-state index in [-0.39, 0.29) is 0 Å². The van der Waals surface area contributed by atoms with Crippen LogP contribution in [0.2, 0.25) is 0 Å². The van der Waals surface area contributed by atoms with Crippen molar-refractivity contribution in [3.05, 3.63) is 65.7 Å². The van der Waals surface area contributed by atoms with Crippen molar-refractivity contribution in [2.75, 3.05) is 6.54 Å². The van der Waals surface area contributed by atoms with Crippen LogP contribution in [-0.2, 0) is 6.61 Å². The minimum absolute atomic E-state index is 0.594. The molecule has 0 radical (unpaired) electrons. The Hall–Kier alpha value is -2.29. The van der Waals surface area contributed by atoms with Gasteiger partial charge in [-0.2, -0.15) is 5.10 Å². The summed E-state index contributed by atoms with van der Waals surface area (Å²) in [6.45, 7) is 1.59. The molecule has 0 amide bonds. The number of ether oxygens (including phenoxy) is 1. The SMILES string of the molecule is C(=NNCC1CCCCC1)c1ccc(OCc2ccccc2)cc1.